The Bertz CT molecular complexity index is 571. The topological polar surface area (TPSA) is 30.2 Å². The van der Waals surface area contributed by atoms with E-state index in [-0.39, 0.29) is 23.0 Å². The highest BCUT2D eigenvalue weighted by Gasteiger charge is 2.18. The number of rotatable bonds is 6. The van der Waals surface area contributed by atoms with Gasteiger partial charge < -0.3 is 21.7 Å². The van der Waals surface area contributed by atoms with Gasteiger partial charge in [-0.2, -0.15) is 4.57 Å². The van der Waals surface area contributed by atoms with Crippen molar-refractivity contribution in [2.75, 3.05) is 12.4 Å². The third-order valence-electron chi connectivity index (χ3n) is 2.77. The Morgan fingerprint density at radius 3 is 2.85 bits per heavy atom. The van der Waals surface area contributed by atoms with Gasteiger partial charge in [-0.15, -0.1) is 0 Å². The molecule has 3 nitrogen and oxygen atoms in total. The molecule has 0 amide bonds. The molecule has 0 saturated carbocycles. The quantitative estimate of drug-likeness (QED) is 0.312. The van der Waals surface area contributed by atoms with Crippen molar-refractivity contribution in [1.82, 2.24) is 0 Å². The fraction of sp³-hybridized carbons (Fsp3) is 0.429. The van der Waals surface area contributed by atoms with Gasteiger partial charge in [0.15, 0.2) is 0 Å². The number of nitrogens with zero attached hydrogens (tertiary/aromatic N) is 1. The van der Waals surface area contributed by atoms with E-state index in [9.17, 15) is 4.79 Å². The number of fused-ring (bicyclic) bond motifs is 1. The number of para-hydroxylation sites is 1. The highest BCUT2D eigenvalue weighted by molar-refractivity contribution is 8.01. The first kappa shape index (κ1) is 17.5. The number of aryl methyl sites for hydroxylation is 1. The van der Waals surface area contributed by atoms with Crippen LogP contribution in [0.3, 0.4) is 0 Å². The number of unbranched alkanes of at least 4 members (excludes halogenated alkanes) is 1. The molecule has 0 spiro atoms. The van der Waals surface area contributed by atoms with Crippen LogP contribution in [0.15, 0.2) is 28.6 Å². The lowest BCUT2D eigenvalue weighted by Gasteiger charge is -2.01. The molecule has 110 valence electrons. The maximum Gasteiger partial charge on any atom is 0.316 e. The average Bonchev–Trinajstić information content (AvgIpc) is 2.74. The van der Waals surface area contributed by atoms with E-state index in [1.165, 1.54) is 10.2 Å². The summed E-state index contributed by atoms with van der Waals surface area (Å²) in [7, 11) is 2.03. The number of thiazole rings is 1. The lowest BCUT2D eigenvalue weighted by atomic mass is 10.3. The molecule has 6 heteroatoms. The van der Waals surface area contributed by atoms with E-state index >= 15 is 0 Å². The summed E-state index contributed by atoms with van der Waals surface area (Å²) in [5.41, 5.74) is 1.20. The van der Waals surface area contributed by atoms with Crippen LogP contribution in [0.2, 0.25) is 0 Å². The minimum atomic E-state index is -0.129. The monoisotopic (exact) mass is 375 g/mol. The predicted molar refractivity (Wildman–Crippen MR) is 79.6 cm³/mol. The van der Waals surface area contributed by atoms with Crippen molar-refractivity contribution in [2.45, 2.75) is 24.1 Å². The zero-order chi connectivity index (χ0) is 13.7. The standard InChI is InChI=1S/C14H18NO2S2.BrH/c1-3-4-9-17-13(16)10-18-14-15(2)11-7-5-6-8-12(11)19-14;/h5-8H,3-4,9-10H2,1-2H3;1H/q+1;/p-1. The summed E-state index contributed by atoms with van der Waals surface area (Å²) >= 11 is 3.26. The zero-order valence-corrected chi connectivity index (χ0v) is 14.8. The molecule has 0 fully saturated rings. The summed E-state index contributed by atoms with van der Waals surface area (Å²) in [6, 6.07) is 8.26. The first-order chi connectivity index (χ1) is 9.22. The van der Waals surface area contributed by atoms with Crippen LogP contribution < -0.4 is 21.5 Å². The first-order valence-corrected chi connectivity index (χ1v) is 8.18. The van der Waals surface area contributed by atoms with Gasteiger partial charge >= 0.3 is 5.97 Å². The summed E-state index contributed by atoms with van der Waals surface area (Å²) in [5.74, 6) is 0.251. The Hall–Kier alpha value is -0.590. The average molecular weight is 376 g/mol. The van der Waals surface area contributed by atoms with Crippen molar-refractivity contribution >= 4 is 39.3 Å². The Balaban J connectivity index is 0.00000200. The third kappa shape index (κ3) is 4.46. The Morgan fingerprint density at radius 2 is 2.15 bits per heavy atom. The molecule has 1 heterocycles. The smallest absolute Gasteiger partial charge is 0.316 e. The Labute approximate surface area is 138 Å². The lowest BCUT2D eigenvalue weighted by molar-refractivity contribution is -0.676. The molecule has 0 atom stereocenters. The molecular weight excluding hydrogens is 358 g/mol. The molecule has 0 radical (unpaired) electrons. The number of hydrogen-bond acceptors (Lipinski definition) is 4. The molecule has 1 aromatic carbocycles. The van der Waals surface area contributed by atoms with E-state index in [0.717, 1.165) is 17.2 Å². The maximum absolute atomic E-state index is 11.6. The lowest BCUT2D eigenvalue weighted by Crippen LogP contribution is -3.00. The fourth-order valence-corrected chi connectivity index (χ4v) is 3.88. The molecule has 0 N–H and O–H groups in total. The van der Waals surface area contributed by atoms with Crippen LogP contribution in [0, 0.1) is 0 Å². The second-order valence-electron chi connectivity index (χ2n) is 4.26. The zero-order valence-electron chi connectivity index (χ0n) is 11.6. The molecule has 0 aliphatic carbocycles. The number of carbonyl (C=O) groups excluding carboxylic acids is 1. The maximum atomic E-state index is 11.6. The van der Waals surface area contributed by atoms with Gasteiger partial charge in [0.05, 0.1) is 6.61 Å². The molecule has 0 aliphatic rings. The van der Waals surface area contributed by atoms with Gasteiger partial charge in [0.25, 0.3) is 4.34 Å². The number of benzene rings is 1. The number of carbonyl (C=O) groups is 1. The number of ether oxygens (including phenoxy) is 1. The van der Waals surface area contributed by atoms with Crippen molar-refractivity contribution < 1.29 is 31.1 Å². The first-order valence-electron chi connectivity index (χ1n) is 6.38. The molecule has 20 heavy (non-hydrogen) atoms. The van der Waals surface area contributed by atoms with Crippen LogP contribution in [0.5, 0.6) is 0 Å². The van der Waals surface area contributed by atoms with Gasteiger partial charge in [0.2, 0.25) is 5.52 Å². The fourth-order valence-electron chi connectivity index (χ4n) is 1.70. The minimum Gasteiger partial charge on any atom is -1.00 e. The van der Waals surface area contributed by atoms with E-state index in [1.807, 2.05) is 19.2 Å². The van der Waals surface area contributed by atoms with Crippen LogP contribution >= 0.6 is 23.1 Å². The van der Waals surface area contributed by atoms with Crippen molar-refractivity contribution in [1.29, 1.82) is 0 Å². The van der Waals surface area contributed by atoms with E-state index in [4.69, 9.17) is 4.74 Å². The summed E-state index contributed by atoms with van der Waals surface area (Å²) < 4.78 is 9.66. The van der Waals surface area contributed by atoms with Gasteiger partial charge in [-0.3, -0.25) is 4.79 Å². The summed E-state index contributed by atoms with van der Waals surface area (Å²) in [5, 5.41) is 0. The van der Waals surface area contributed by atoms with E-state index in [2.05, 4.69) is 23.6 Å². The highest BCUT2D eigenvalue weighted by Crippen LogP contribution is 2.27. The Morgan fingerprint density at radius 1 is 1.40 bits per heavy atom. The molecule has 2 rings (SSSR count). The molecule has 0 saturated heterocycles. The molecule has 0 unspecified atom stereocenters. The number of halogens is 1. The number of hydrogen-bond donors (Lipinski definition) is 0. The van der Waals surface area contributed by atoms with Crippen molar-refractivity contribution in [3.8, 4) is 0 Å². The van der Waals surface area contributed by atoms with Gasteiger partial charge in [0.1, 0.15) is 17.5 Å². The SMILES string of the molecule is CCCCOC(=O)CSc1sc2ccccc2[n+]1C.[Br-]. The molecular formula is C14H18BrNO2S2. The summed E-state index contributed by atoms with van der Waals surface area (Å²) in [6.45, 7) is 2.62. The predicted octanol–water partition coefficient (Wildman–Crippen LogP) is 0.165. The summed E-state index contributed by atoms with van der Waals surface area (Å²) in [6.07, 6.45) is 1.98. The molecule has 0 aliphatic heterocycles. The van der Waals surface area contributed by atoms with E-state index < -0.39 is 0 Å². The van der Waals surface area contributed by atoms with Gasteiger partial charge in [0, 0.05) is 6.07 Å². The van der Waals surface area contributed by atoms with Gasteiger partial charge in [-0.25, -0.2) is 0 Å². The van der Waals surface area contributed by atoms with Gasteiger partial charge in [-0.1, -0.05) is 36.8 Å². The molecule has 0 bridgehead atoms. The van der Waals surface area contributed by atoms with Crippen LogP contribution in [-0.4, -0.2) is 18.3 Å². The van der Waals surface area contributed by atoms with Crippen LogP contribution in [-0.2, 0) is 16.6 Å². The normalized spacial score (nSPS) is 10.3. The van der Waals surface area contributed by atoms with Crippen molar-refractivity contribution in [3.05, 3.63) is 24.3 Å². The van der Waals surface area contributed by atoms with E-state index in [1.54, 1.807) is 23.1 Å². The molecule has 2 aromatic rings. The van der Waals surface area contributed by atoms with Crippen LogP contribution in [0.1, 0.15) is 19.8 Å². The third-order valence-corrected chi connectivity index (χ3v) is 5.29. The van der Waals surface area contributed by atoms with Crippen molar-refractivity contribution in [2.24, 2.45) is 7.05 Å². The van der Waals surface area contributed by atoms with E-state index in [0.29, 0.717) is 12.4 Å². The van der Waals surface area contributed by atoms with Gasteiger partial charge in [-0.05, 0) is 24.2 Å². The number of aromatic nitrogens is 1. The Kier molecular flexibility index (Phi) is 7.55. The van der Waals surface area contributed by atoms with Crippen LogP contribution in [0.4, 0.5) is 0 Å². The second-order valence-corrected chi connectivity index (χ2v) is 6.51. The molecule has 1 aromatic heterocycles. The largest absolute Gasteiger partial charge is 1.00 e. The minimum absolute atomic E-state index is 0. The van der Waals surface area contributed by atoms with Crippen molar-refractivity contribution in [3.63, 3.8) is 0 Å². The summed E-state index contributed by atoms with van der Waals surface area (Å²) in [4.78, 5) is 11.6. The number of thioether (sulfide) groups is 1. The van der Waals surface area contributed by atoms with Crippen LogP contribution in [0.25, 0.3) is 10.2 Å². The number of esters is 1. The highest BCUT2D eigenvalue weighted by atomic mass is 79.9. The second kappa shape index (κ2) is 8.64.